The molecule has 30 heavy (non-hydrogen) atoms. The minimum atomic E-state index is -0.444. The molecule has 2 aromatic rings. The van der Waals surface area contributed by atoms with Gasteiger partial charge in [-0.05, 0) is 35.7 Å². The third-order valence-electron chi connectivity index (χ3n) is 5.74. The highest BCUT2D eigenvalue weighted by molar-refractivity contribution is 6.01. The monoisotopic (exact) mass is 408 g/mol. The number of anilines is 1. The van der Waals surface area contributed by atoms with Gasteiger partial charge in [0.15, 0.2) is 0 Å². The summed E-state index contributed by atoms with van der Waals surface area (Å²) in [5.41, 5.74) is 2.68. The summed E-state index contributed by atoms with van der Waals surface area (Å²) in [5, 5.41) is 2.88. The van der Waals surface area contributed by atoms with Gasteiger partial charge in [0.25, 0.3) is 0 Å². The molecule has 0 saturated carbocycles. The number of nitrogens with zero attached hydrogens (tertiary/aromatic N) is 3. The Kier molecular flexibility index (Phi) is 6.71. The van der Waals surface area contributed by atoms with E-state index in [1.54, 1.807) is 12.4 Å². The lowest BCUT2D eigenvalue weighted by molar-refractivity contribution is -0.135. The van der Waals surface area contributed by atoms with Gasteiger partial charge in [0.05, 0.1) is 19.1 Å². The van der Waals surface area contributed by atoms with E-state index < -0.39 is 5.92 Å². The number of carbonyl (C=O) groups is 2. The zero-order valence-corrected chi connectivity index (χ0v) is 17.1. The van der Waals surface area contributed by atoms with E-state index in [-0.39, 0.29) is 18.2 Å². The molecule has 1 saturated heterocycles. The summed E-state index contributed by atoms with van der Waals surface area (Å²) in [6, 6.07) is 11.5. The van der Waals surface area contributed by atoms with Crippen LogP contribution in [0.1, 0.15) is 29.9 Å². The molecular formula is C23H28N4O3. The van der Waals surface area contributed by atoms with Gasteiger partial charge in [0.2, 0.25) is 11.8 Å². The lowest BCUT2D eigenvalue weighted by atomic mass is 9.89. The highest BCUT2D eigenvalue weighted by Crippen LogP contribution is 2.33. The number of carbonyl (C=O) groups excluding carboxylic acids is 2. The van der Waals surface area contributed by atoms with Crippen molar-refractivity contribution in [2.75, 3.05) is 44.7 Å². The van der Waals surface area contributed by atoms with Crippen LogP contribution in [0.2, 0.25) is 0 Å². The van der Waals surface area contributed by atoms with Crippen LogP contribution in [-0.2, 0) is 20.9 Å². The minimum absolute atomic E-state index is 0.0103. The maximum atomic E-state index is 13.6. The van der Waals surface area contributed by atoms with E-state index in [0.717, 1.165) is 56.1 Å². The standard InChI is InChI=1S/C23H28N4O3/c28-22-16-20(19-4-1-2-5-21(19)25-22)23(29)27(17-18-6-8-24-9-7-18)11-3-10-26-12-14-30-15-13-26/h1-2,4-9,20H,3,10-17H2,(H,25,28). The molecule has 2 amide bonds. The normalized spacial score (nSPS) is 19.1. The summed E-state index contributed by atoms with van der Waals surface area (Å²) in [4.78, 5) is 34.2. The molecular weight excluding hydrogens is 380 g/mol. The average molecular weight is 409 g/mol. The molecule has 1 aromatic heterocycles. The van der Waals surface area contributed by atoms with Crippen LogP contribution < -0.4 is 5.32 Å². The van der Waals surface area contributed by atoms with E-state index in [9.17, 15) is 9.59 Å². The SMILES string of the molecule is O=C1CC(C(=O)N(CCCN2CCOCC2)Cc2ccncc2)c2ccccc2N1. The molecule has 3 heterocycles. The Balaban J connectivity index is 1.49. The molecule has 1 N–H and O–H groups in total. The predicted molar refractivity (Wildman–Crippen MR) is 114 cm³/mol. The van der Waals surface area contributed by atoms with Crippen LogP contribution in [0.4, 0.5) is 5.69 Å². The van der Waals surface area contributed by atoms with Gasteiger partial charge in [-0.2, -0.15) is 0 Å². The second kappa shape index (κ2) is 9.82. The van der Waals surface area contributed by atoms with Gasteiger partial charge in [-0.15, -0.1) is 0 Å². The number of para-hydroxylation sites is 1. The van der Waals surface area contributed by atoms with Gasteiger partial charge < -0.3 is 15.0 Å². The molecule has 1 atom stereocenters. The molecule has 0 bridgehead atoms. The molecule has 0 spiro atoms. The third kappa shape index (κ3) is 5.04. The number of ether oxygens (including phenoxy) is 1. The van der Waals surface area contributed by atoms with Crippen LogP contribution in [0.5, 0.6) is 0 Å². The van der Waals surface area contributed by atoms with E-state index in [2.05, 4.69) is 15.2 Å². The topological polar surface area (TPSA) is 74.8 Å². The Morgan fingerprint density at radius 1 is 1.17 bits per heavy atom. The zero-order chi connectivity index (χ0) is 20.8. The maximum Gasteiger partial charge on any atom is 0.231 e. The van der Waals surface area contributed by atoms with E-state index in [1.807, 2.05) is 41.3 Å². The highest BCUT2D eigenvalue weighted by atomic mass is 16.5. The van der Waals surface area contributed by atoms with Crippen LogP contribution >= 0.6 is 0 Å². The fourth-order valence-corrected chi connectivity index (χ4v) is 4.14. The molecule has 7 heteroatoms. The number of aromatic nitrogens is 1. The largest absolute Gasteiger partial charge is 0.379 e. The molecule has 1 aromatic carbocycles. The number of morpholine rings is 1. The minimum Gasteiger partial charge on any atom is -0.379 e. The maximum absolute atomic E-state index is 13.6. The summed E-state index contributed by atoms with van der Waals surface area (Å²) in [5.74, 6) is -0.541. The Bertz CT molecular complexity index is 868. The summed E-state index contributed by atoms with van der Waals surface area (Å²) >= 11 is 0. The number of amides is 2. The number of hydrogen-bond acceptors (Lipinski definition) is 5. The van der Waals surface area contributed by atoms with Gasteiger partial charge in [-0.25, -0.2) is 0 Å². The number of rotatable bonds is 7. The Labute approximate surface area is 177 Å². The van der Waals surface area contributed by atoms with Crippen molar-refractivity contribution < 1.29 is 14.3 Å². The first-order valence-electron chi connectivity index (χ1n) is 10.6. The van der Waals surface area contributed by atoms with Gasteiger partial charge in [-0.3, -0.25) is 19.5 Å². The lowest BCUT2D eigenvalue weighted by Crippen LogP contribution is -2.41. The third-order valence-corrected chi connectivity index (χ3v) is 5.74. The highest BCUT2D eigenvalue weighted by Gasteiger charge is 2.33. The van der Waals surface area contributed by atoms with Crippen molar-refractivity contribution in [1.29, 1.82) is 0 Å². The van der Waals surface area contributed by atoms with E-state index in [4.69, 9.17) is 4.74 Å². The van der Waals surface area contributed by atoms with Crippen molar-refractivity contribution in [1.82, 2.24) is 14.8 Å². The number of hydrogen-bond donors (Lipinski definition) is 1. The Hall–Kier alpha value is -2.77. The summed E-state index contributed by atoms with van der Waals surface area (Å²) in [7, 11) is 0. The van der Waals surface area contributed by atoms with Crippen LogP contribution in [-0.4, -0.2) is 66.0 Å². The number of fused-ring (bicyclic) bond motifs is 1. The van der Waals surface area contributed by atoms with Gasteiger partial charge >= 0.3 is 0 Å². The van der Waals surface area contributed by atoms with Crippen molar-refractivity contribution >= 4 is 17.5 Å². The van der Waals surface area contributed by atoms with Crippen LogP contribution in [0.25, 0.3) is 0 Å². The van der Waals surface area contributed by atoms with Crippen molar-refractivity contribution in [2.45, 2.75) is 25.3 Å². The first-order valence-corrected chi connectivity index (χ1v) is 10.6. The first-order chi connectivity index (χ1) is 14.7. The van der Waals surface area contributed by atoms with Crippen molar-refractivity contribution in [3.8, 4) is 0 Å². The van der Waals surface area contributed by atoms with Crippen LogP contribution in [0, 0.1) is 0 Å². The smallest absolute Gasteiger partial charge is 0.231 e. The van der Waals surface area contributed by atoms with E-state index in [1.165, 1.54) is 0 Å². The molecule has 2 aliphatic heterocycles. The van der Waals surface area contributed by atoms with Gasteiger partial charge in [0.1, 0.15) is 0 Å². The second-order valence-electron chi connectivity index (χ2n) is 7.81. The summed E-state index contributed by atoms with van der Waals surface area (Å²) < 4.78 is 5.42. The Morgan fingerprint density at radius 2 is 1.93 bits per heavy atom. The lowest BCUT2D eigenvalue weighted by Gasteiger charge is -2.32. The summed E-state index contributed by atoms with van der Waals surface area (Å²) in [6.45, 7) is 5.53. The van der Waals surface area contributed by atoms with Crippen LogP contribution in [0.3, 0.4) is 0 Å². The van der Waals surface area contributed by atoms with E-state index in [0.29, 0.717) is 13.1 Å². The number of pyridine rings is 1. The van der Waals surface area contributed by atoms with Gasteiger partial charge in [0, 0.05) is 57.2 Å². The van der Waals surface area contributed by atoms with E-state index >= 15 is 0 Å². The fourth-order valence-electron chi connectivity index (χ4n) is 4.14. The molecule has 1 fully saturated rings. The van der Waals surface area contributed by atoms with Crippen LogP contribution in [0.15, 0.2) is 48.8 Å². The molecule has 4 rings (SSSR count). The molecule has 1 unspecified atom stereocenters. The number of nitrogens with one attached hydrogen (secondary N) is 1. The Morgan fingerprint density at radius 3 is 2.73 bits per heavy atom. The zero-order valence-electron chi connectivity index (χ0n) is 17.1. The van der Waals surface area contributed by atoms with Gasteiger partial charge in [-0.1, -0.05) is 18.2 Å². The quantitative estimate of drug-likeness (QED) is 0.761. The molecule has 2 aliphatic rings. The fraction of sp³-hybridized carbons (Fsp3) is 0.435. The van der Waals surface area contributed by atoms with Crippen molar-refractivity contribution in [3.05, 3.63) is 59.9 Å². The second-order valence-corrected chi connectivity index (χ2v) is 7.81. The van der Waals surface area contributed by atoms with Crippen molar-refractivity contribution in [3.63, 3.8) is 0 Å². The molecule has 7 nitrogen and oxygen atoms in total. The molecule has 158 valence electrons. The predicted octanol–water partition coefficient (Wildman–Crippen LogP) is 2.26. The molecule has 0 radical (unpaired) electrons. The average Bonchev–Trinajstić information content (AvgIpc) is 2.79. The summed E-state index contributed by atoms with van der Waals surface area (Å²) in [6.07, 6.45) is 4.56. The number of benzene rings is 1. The first kappa shape index (κ1) is 20.5. The molecule has 0 aliphatic carbocycles. The van der Waals surface area contributed by atoms with Crippen molar-refractivity contribution in [2.24, 2.45) is 0 Å².